The molecular formula is C17H16F3N3O4S. The maximum atomic E-state index is 12.9. The maximum Gasteiger partial charge on any atom is 0.416 e. The molecule has 1 saturated heterocycles. The highest BCUT2D eigenvalue weighted by Crippen LogP contribution is 2.49. The van der Waals surface area contributed by atoms with Crippen molar-refractivity contribution in [3.8, 4) is 11.8 Å². The third-order valence-corrected chi connectivity index (χ3v) is 5.75. The van der Waals surface area contributed by atoms with Crippen molar-refractivity contribution in [2.24, 2.45) is 0 Å². The molecule has 1 unspecified atom stereocenters. The van der Waals surface area contributed by atoms with E-state index in [1.54, 1.807) is 0 Å². The van der Waals surface area contributed by atoms with Crippen LogP contribution >= 0.6 is 11.0 Å². The number of hydrogen-bond acceptors (Lipinski definition) is 7. The summed E-state index contributed by atoms with van der Waals surface area (Å²) in [7, 11) is -3.51. The van der Waals surface area contributed by atoms with Crippen LogP contribution in [-0.4, -0.2) is 32.1 Å². The van der Waals surface area contributed by atoms with Gasteiger partial charge in [-0.15, -0.1) is 0 Å². The minimum absolute atomic E-state index is 0.0392. The zero-order valence-electron chi connectivity index (χ0n) is 14.2. The van der Waals surface area contributed by atoms with Crippen molar-refractivity contribution in [2.75, 3.05) is 10.8 Å². The number of aromatic hydroxyl groups is 1. The maximum absolute atomic E-state index is 12.9. The van der Waals surface area contributed by atoms with Crippen molar-refractivity contribution in [1.82, 2.24) is 4.72 Å². The van der Waals surface area contributed by atoms with E-state index in [1.807, 2.05) is 6.07 Å². The molecule has 2 aromatic rings. The van der Waals surface area contributed by atoms with Gasteiger partial charge >= 0.3 is 6.18 Å². The number of aliphatic hydroxyl groups is 1. The van der Waals surface area contributed by atoms with Crippen molar-refractivity contribution < 1.29 is 32.5 Å². The van der Waals surface area contributed by atoms with Gasteiger partial charge in [0.2, 0.25) is 0 Å². The Balaban J connectivity index is 1.91. The first kappa shape index (κ1) is 20.2. The minimum Gasteiger partial charge on any atom is -0.506 e. The standard InChI is InChI=1S/C17H16F3N3O4S/c18-17(19,20)13-3-2-11(8-21)12(7-13)5-10-1-4-14(15(24)6-10)23-9-16(25)22-28(23,26)27/h1-4,6-7,16,22,24-27H,5,9H2. The zero-order valence-corrected chi connectivity index (χ0v) is 15.0. The molecule has 1 atom stereocenters. The molecule has 28 heavy (non-hydrogen) atoms. The van der Waals surface area contributed by atoms with Gasteiger partial charge in [0.1, 0.15) is 17.7 Å². The number of halogens is 3. The van der Waals surface area contributed by atoms with Crippen molar-refractivity contribution in [2.45, 2.75) is 18.8 Å². The summed E-state index contributed by atoms with van der Waals surface area (Å²) >= 11 is 0. The summed E-state index contributed by atoms with van der Waals surface area (Å²) in [4.78, 5) is 0. The molecule has 1 fully saturated rings. The molecule has 0 radical (unpaired) electrons. The lowest BCUT2D eigenvalue weighted by molar-refractivity contribution is -0.137. The van der Waals surface area contributed by atoms with Crippen molar-refractivity contribution in [3.63, 3.8) is 0 Å². The molecule has 1 heterocycles. The fourth-order valence-electron chi connectivity index (χ4n) is 2.92. The van der Waals surface area contributed by atoms with E-state index in [4.69, 9.17) is 5.26 Å². The lowest BCUT2D eigenvalue weighted by atomic mass is 9.97. The Hall–Kier alpha value is -2.49. The van der Waals surface area contributed by atoms with Gasteiger partial charge in [-0.1, -0.05) is 17.0 Å². The van der Waals surface area contributed by atoms with Gasteiger partial charge in [-0.05, 0) is 47.9 Å². The molecule has 0 aromatic heterocycles. The number of anilines is 1. The van der Waals surface area contributed by atoms with Crippen LogP contribution in [0.2, 0.25) is 0 Å². The summed E-state index contributed by atoms with van der Waals surface area (Å²) in [6.07, 6.45) is -5.79. The molecule has 1 aliphatic heterocycles. The summed E-state index contributed by atoms with van der Waals surface area (Å²) < 4.78 is 61.8. The number of β-amino-alcohol motifs (C(OH)–C–C–N with tert-alkyl or cyclic N) is 1. The smallest absolute Gasteiger partial charge is 0.416 e. The molecule has 0 aliphatic carbocycles. The average Bonchev–Trinajstić information content (AvgIpc) is 2.86. The molecule has 5 N–H and O–H groups in total. The number of hydrogen-bond donors (Lipinski definition) is 5. The van der Waals surface area contributed by atoms with Crippen LogP contribution in [0, 0.1) is 11.3 Å². The van der Waals surface area contributed by atoms with E-state index in [2.05, 4.69) is 4.72 Å². The van der Waals surface area contributed by atoms with Crippen LogP contribution in [0.15, 0.2) is 36.4 Å². The molecule has 11 heteroatoms. The van der Waals surface area contributed by atoms with Crippen LogP contribution in [-0.2, 0) is 12.6 Å². The number of nitriles is 1. The number of nitrogens with zero attached hydrogens (tertiary/aromatic N) is 2. The van der Waals surface area contributed by atoms with E-state index >= 15 is 0 Å². The normalized spacial score (nSPS) is 20.0. The van der Waals surface area contributed by atoms with E-state index in [0.717, 1.165) is 22.5 Å². The second-order valence-corrected chi connectivity index (χ2v) is 7.91. The van der Waals surface area contributed by atoms with Gasteiger partial charge in [-0.3, -0.25) is 13.4 Å². The van der Waals surface area contributed by atoms with Crippen molar-refractivity contribution >= 4 is 16.6 Å². The number of nitrogens with one attached hydrogen (secondary N) is 1. The van der Waals surface area contributed by atoms with Crippen LogP contribution in [0.1, 0.15) is 22.3 Å². The van der Waals surface area contributed by atoms with Gasteiger partial charge in [-0.2, -0.15) is 23.2 Å². The predicted octanol–water partition coefficient (Wildman–Crippen LogP) is 3.18. The topological polar surface area (TPSA) is 120 Å². The lowest BCUT2D eigenvalue weighted by Crippen LogP contribution is -2.25. The van der Waals surface area contributed by atoms with Gasteiger partial charge in [-0.25, -0.2) is 0 Å². The molecule has 150 valence electrons. The van der Waals surface area contributed by atoms with Crippen LogP contribution < -0.4 is 9.03 Å². The molecule has 3 rings (SSSR count). The van der Waals surface area contributed by atoms with Gasteiger partial charge in [0.15, 0.2) is 0 Å². The zero-order chi connectivity index (χ0) is 20.7. The second-order valence-electron chi connectivity index (χ2n) is 6.19. The minimum atomic E-state index is -4.55. The molecule has 2 aromatic carbocycles. The molecule has 0 amide bonds. The number of phenols is 1. The fourth-order valence-corrected chi connectivity index (χ4v) is 4.26. The Bertz CT molecular complexity index is 946. The predicted molar refractivity (Wildman–Crippen MR) is 96.4 cm³/mol. The number of phenolic OH excluding ortho intramolecular Hbond substituents is 1. The van der Waals surface area contributed by atoms with E-state index in [1.165, 1.54) is 18.2 Å². The number of rotatable bonds is 3. The molecule has 0 spiro atoms. The highest BCUT2D eigenvalue weighted by atomic mass is 32.3. The molecule has 7 nitrogen and oxygen atoms in total. The Kier molecular flexibility index (Phi) is 5.18. The number of aliphatic hydroxyl groups excluding tert-OH is 1. The first-order valence-corrected chi connectivity index (χ1v) is 9.45. The molecule has 0 saturated carbocycles. The SMILES string of the molecule is N#Cc1ccc(C(F)(F)F)cc1Cc1ccc(N2CC(O)NS2(O)O)c(O)c1. The highest BCUT2D eigenvalue weighted by Gasteiger charge is 2.36. The van der Waals surface area contributed by atoms with Crippen LogP contribution in [0.25, 0.3) is 0 Å². The highest BCUT2D eigenvalue weighted by molar-refractivity contribution is 8.24. The quantitative estimate of drug-likeness (QED) is 0.522. The molecule has 1 aliphatic rings. The van der Waals surface area contributed by atoms with Crippen LogP contribution in [0.5, 0.6) is 5.75 Å². The summed E-state index contributed by atoms with van der Waals surface area (Å²) in [6, 6.07) is 8.77. The third-order valence-electron chi connectivity index (χ3n) is 4.20. The average molecular weight is 415 g/mol. The van der Waals surface area contributed by atoms with Crippen molar-refractivity contribution in [1.29, 1.82) is 5.26 Å². The Morgan fingerprint density at radius 2 is 1.93 bits per heavy atom. The first-order chi connectivity index (χ1) is 13.0. The number of benzene rings is 2. The van der Waals surface area contributed by atoms with Crippen LogP contribution in [0.3, 0.4) is 0 Å². The molecular weight excluding hydrogens is 399 g/mol. The Morgan fingerprint density at radius 1 is 1.21 bits per heavy atom. The van der Waals surface area contributed by atoms with E-state index in [-0.39, 0.29) is 35.5 Å². The van der Waals surface area contributed by atoms with Crippen LogP contribution in [0.4, 0.5) is 18.9 Å². The van der Waals surface area contributed by atoms with Gasteiger partial charge in [0.05, 0.1) is 23.7 Å². The van der Waals surface area contributed by atoms with Gasteiger partial charge in [0.25, 0.3) is 0 Å². The number of alkyl halides is 3. The Morgan fingerprint density at radius 3 is 2.46 bits per heavy atom. The van der Waals surface area contributed by atoms with Gasteiger partial charge < -0.3 is 10.2 Å². The Labute approximate surface area is 159 Å². The lowest BCUT2D eigenvalue weighted by Gasteiger charge is -2.36. The summed E-state index contributed by atoms with van der Waals surface area (Å²) in [6.45, 7) is -0.179. The molecule has 0 bridgehead atoms. The first-order valence-electron chi connectivity index (χ1n) is 7.94. The van der Waals surface area contributed by atoms with Crippen molar-refractivity contribution in [3.05, 3.63) is 58.7 Å². The van der Waals surface area contributed by atoms with E-state index < -0.39 is 28.9 Å². The second kappa shape index (κ2) is 7.16. The third kappa shape index (κ3) is 4.01. The summed E-state index contributed by atoms with van der Waals surface area (Å²) in [5, 5.41) is 28.9. The van der Waals surface area contributed by atoms with E-state index in [0.29, 0.717) is 5.56 Å². The largest absolute Gasteiger partial charge is 0.506 e. The summed E-state index contributed by atoms with van der Waals surface area (Å²) in [5.41, 5.74) is -0.198. The van der Waals surface area contributed by atoms with Gasteiger partial charge in [0, 0.05) is 0 Å². The van der Waals surface area contributed by atoms with E-state index in [9.17, 15) is 32.5 Å². The monoisotopic (exact) mass is 415 g/mol. The summed E-state index contributed by atoms with van der Waals surface area (Å²) in [5.74, 6) is -0.348. The fraction of sp³-hybridized carbons (Fsp3) is 0.235.